The van der Waals surface area contributed by atoms with Gasteiger partial charge in [-0.1, -0.05) is 105 Å². The van der Waals surface area contributed by atoms with Crippen LogP contribution in [0.3, 0.4) is 0 Å². The highest BCUT2D eigenvalue weighted by Gasteiger charge is 2.36. The molecule has 62 heavy (non-hydrogen) atoms. The maximum absolute atomic E-state index is 14.2. The number of hydrogen-bond donors (Lipinski definition) is 6. The first kappa shape index (κ1) is 48.9. The molecule has 5 amide bonds. The Labute approximate surface area is 365 Å². The highest BCUT2D eigenvalue weighted by molar-refractivity contribution is 5.93. The molecule has 0 spiro atoms. The van der Waals surface area contributed by atoms with Gasteiger partial charge >= 0.3 is 5.97 Å². The van der Waals surface area contributed by atoms with Gasteiger partial charge in [-0.3, -0.25) is 24.0 Å². The fourth-order valence-corrected chi connectivity index (χ4v) is 7.53. The summed E-state index contributed by atoms with van der Waals surface area (Å²) >= 11 is 0. The summed E-state index contributed by atoms with van der Waals surface area (Å²) in [5.74, 6) is -3.01. The molecule has 14 nitrogen and oxygen atoms in total. The number of rotatable bonds is 22. The van der Waals surface area contributed by atoms with Crippen LogP contribution in [0.1, 0.15) is 108 Å². The summed E-state index contributed by atoms with van der Waals surface area (Å²) in [7, 11) is 1.61. The lowest BCUT2D eigenvalue weighted by Gasteiger charge is -2.32. The van der Waals surface area contributed by atoms with Crippen LogP contribution in [-0.4, -0.2) is 84.1 Å². The summed E-state index contributed by atoms with van der Waals surface area (Å²) in [6.45, 7) is 6.39. The monoisotopic (exact) mass is 855 g/mol. The smallest absolute Gasteiger partial charge is 0.333 e. The maximum atomic E-state index is 14.2. The molecule has 1 fully saturated rings. The highest BCUT2D eigenvalue weighted by atomic mass is 16.6. The van der Waals surface area contributed by atoms with Crippen LogP contribution < -0.4 is 31.3 Å². The first-order valence-electron chi connectivity index (χ1n) is 21.8. The number of nitrogens with one attached hydrogen (secondary N) is 5. The largest absolute Gasteiger partial charge is 0.497 e. The van der Waals surface area contributed by atoms with Crippen molar-refractivity contribution < 1.29 is 43.3 Å². The number of esters is 1. The Balaban J connectivity index is 1.43. The number of aliphatic hydroxyl groups is 1. The zero-order chi connectivity index (χ0) is 45.1. The average molecular weight is 856 g/mol. The topological polar surface area (TPSA) is 201 Å². The van der Waals surface area contributed by atoms with Crippen molar-refractivity contribution in [2.45, 2.75) is 134 Å². The molecule has 0 aromatic heterocycles. The van der Waals surface area contributed by atoms with Crippen LogP contribution in [0, 0.1) is 5.92 Å². The second kappa shape index (κ2) is 24.6. The van der Waals surface area contributed by atoms with Gasteiger partial charge in [0.2, 0.25) is 23.6 Å². The van der Waals surface area contributed by atoms with E-state index in [2.05, 4.69) is 26.6 Å². The molecule has 4 rings (SSSR count). The highest BCUT2D eigenvalue weighted by Crippen LogP contribution is 2.27. The maximum Gasteiger partial charge on any atom is 0.333 e. The van der Waals surface area contributed by atoms with Crippen LogP contribution >= 0.6 is 0 Å². The summed E-state index contributed by atoms with van der Waals surface area (Å²) < 4.78 is 10.8. The third-order valence-electron chi connectivity index (χ3n) is 10.7. The van der Waals surface area contributed by atoms with Crippen molar-refractivity contribution in [1.29, 1.82) is 0 Å². The lowest BCUT2D eigenvalue weighted by Crippen LogP contribution is -2.59. The molecule has 6 N–H and O–H groups in total. The Bertz CT molecular complexity index is 1900. The van der Waals surface area contributed by atoms with E-state index in [-0.39, 0.29) is 31.1 Å². The number of methoxy groups -OCH3 is 1. The van der Waals surface area contributed by atoms with Gasteiger partial charge in [0.25, 0.3) is 5.91 Å². The number of benzene rings is 3. The third-order valence-corrected chi connectivity index (χ3v) is 10.7. The van der Waals surface area contributed by atoms with Gasteiger partial charge in [-0.15, -0.1) is 0 Å². The molecule has 0 aliphatic heterocycles. The predicted octanol–water partition coefficient (Wildman–Crippen LogP) is 4.77. The van der Waals surface area contributed by atoms with Gasteiger partial charge in [-0.2, -0.15) is 0 Å². The molecule has 3 aromatic rings. The van der Waals surface area contributed by atoms with Gasteiger partial charge in [0.1, 0.15) is 23.4 Å². The second-order valence-electron chi connectivity index (χ2n) is 16.9. The van der Waals surface area contributed by atoms with Crippen molar-refractivity contribution >= 4 is 35.5 Å². The van der Waals surface area contributed by atoms with E-state index in [9.17, 15) is 33.9 Å². The van der Waals surface area contributed by atoms with E-state index in [0.29, 0.717) is 24.8 Å². The number of hydrogen-bond acceptors (Lipinski definition) is 9. The molecule has 5 atom stereocenters. The van der Waals surface area contributed by atoms with Crippen LogP contribution in [-0.2, 0) is 46.3 Å². The van der Waals surface area contributed by atoms with Crippen LogP contribution in [0.25, 0.3) is 0 Å². The first-order valence-corrected chi connectivity index (χ1v) is 21.8. The molecule has 14 heteroatoms. The molecule has 5 unspecified atom stereocenters. The Morgan fingerprint density at radius 3 is 2.00 bits per heavy atom. The second-order valence-corrected chi connectivity index (χ2v) is 16.9. The predicted molar refractivity (Wildman–Crippen MR) is 236 cm³/mol. The SMILES string of the molecule is CCCC(NC(=O)C(Cc1ccccc1)NC(=O)C(NC(=O)CCCc1ccc(OC)cc1)C1CCCCC1)C(O)C(=O)NCC(=O)NC(C(=O)OC(C)(C)C)c1ccccc1. The molecular weight excluding hydrogens is 791 g/mol. The number of aliphatic hydroxyl groups excluding tert-OH is 1. The van der Waals surface area contributed by atoms with Gasteiger partial charge in [0.05, 0.1) is 19.7 Å². The Morgan fingerprint density at radius 2 is 1.39 bits per heavy atom. The average Bonchev–Trinajstić information content (AvgIpc) is 3.26. The van der Waals surface area contributed by atoms with E-state index < -0.39 is 72.0 Å². The van der Waals surface area contributed by atoms with E-state index >= 15 is 0 Å². The summed E-state index contributed by atoms with van der Waals surface area (Å²) in [5, 5.41) is 25.0. The summed E-state index contributed by atoms with van der Waals surface area (Å²) in [5.41, 5.74) is 1.50. The van der Waals surface area contributed by atoms with Crippen LogP contribution in [0.5, 0.6) is 5.75 Å². The molecular formula is C48H65N5O9. The summed E-state index contributed by atoms with van der Waals surface area (Å²) in [6, 6.07) is 21.1. The number of carbonyl (C=O) groups excluding carboxylic acids is 6. The molecule has 0 saturated heterocycles. The zero-order valence-electron chi connectivity index (χ0n) is 36.7. The zero-order valence-corrected chi connectivity index (χ0v) is 36.7. The van der Waals surface area contributed by atoms with E-state index in [1.807, 2.05) is 61.5 Å². The third kappa shape index (κ3) is 16.3. The molecule has 0 heterocycles. The summed E-state index contributed by atoms with van der Waals surface area (Å²) in [6.07, 6.45) is 4.89. The van der Waals surface area contributed by atoms with Crippen molar-refractivity contribution in [1.82, 2.24) is 26.6 Å². The minimum atomic E-state index is -1.76. The standard InChI is InChI=1S/C48H65N5O9/c1-6-17-37(43(56)46(59)49-31-40(55)53-42(35-23-14-9-15-24-35)47(60)62-48(2,3)4)50-44(57)38(30-33-18-10-7-11-19-33)51-45(58)41(34-21-12-8-13-22-34)52-39(54)25-16-20-32-26-28-36(61-5)29-27-32/h7,9-11,14-15,18-19,23-24,26-29,34,37-38,41-43,56H,6,8,12-13,16-17,20-22,25,30-31H2,1-5H3,(H,49,59)(H,50,57)(H,51,58)(H,52,54)(H,53,55). The number of carbonyl (C=O) groups is 6. The van der Waals surface area contributed by atoms with Crippen LogP contribution in [0.2, 0.25) is 0 Å². The fraction of sp³-hybridized carbons (Fsp3) is 0.500. The van der Waals surface area contributed by atoms with Gasteiger partial charge < -0.3 is 41.2 Å². The molecule has 1 aliphatic carbocycles. The fourth-order valence-electron chi connectivity index (χ4n) is 7.53. The molecule has 1 aliphatic rings. The van der Waals surface area contributed by atoms with Crippen molar-refractivity contribution in [3.05, 3.63) is 102 Å². The van der Waals surface area contributed by atoms with Crippen molar-refractivity contribution in [2.75, 3.05) is 13.7 Å². The number of amides is 5. The van der Waals surface area contributed by atoms with Crippen LogP contribution in [0.4, 0.5) is 0 Å². The van der Waals surface area contributed by atoms with E-state index in [1.165, 1.54) is 0 Å². The molecule has 0 radical (unpaired) electrons. The minimum absolute atomic E-state index is 0.104. The Hall–Kier alpha value is -5.76. The molecule has 336 valence electrons. The Morgan fingerprint density at radius 1 is 0.742 bits per heavy atom. The van der Waals surface area contributed by atoms with Gasteiger partial charge in [-0.25, -0.2) is 4.79 Å². The lowest BCUT2D eigenvalue weighted by atomic mass is 9.83. The van der Waals surface area contributed by atoms with Gasteiger partial charge in [0.15, 0.2) is 12.1 Å². The van der Waals surface area contributed by atoms with Gasteiger partial charge in [0, 0.05) is 12.8 Å². The van der Waals surface area contributed by atoms with Gasteiger partial charge in [-0.05, 0) is 87.6 Å². The first-order chi connectivity index (χ1) is 29.7. The number of ether oxygens (including phenoxy) is 2. The van der Waals surface area contributed by atoms with Crippen molar-refractivity contribution in [3.8, 4) is 5.75 Å². The summed E-state index contributed by atoms with van der Waals surface area (Å²) in [4.78, 5) is 81.2. The molecule has 3 aromatic carbocycles. The number of aryl methyl sites for hydroxylation is 1. The normalized spacial score (nSPS) is 15.4. The Kier molecular flexibility index (Phi) is 19.4. The van der Waals surface area contributed by atoms with Crippen LogP contribution in [0.15, 0.2) is 84.9 Å². The van der Waals surface area contributed by atoms with Crippen molar-refractivity contribution in [3.63, 3.8) is 0 Å². The quantitative estimate of drug-likeness (QED) is 0.0771. The van der Waals surface area contributed by atoms with E-state index in [1.54, 1.807) is 58.2 Å². The molecule has 0 bridgehead atoms. The van der Waals surface area contributed by atoms with Crippen molar-refractivity contribution in [2.24, 2.45) is 5.92 Å². The lowest BCUT2D eigenvalue weighted by molar-refractivity contribution is -0.158. The van der Waals surface area contributed by atoms with E-state index in [4.69, 9.17) is 9.47 Å². The minimum Gasteiger partial charge on any atom is -0.497 e. The van der Waals surface area contributed by atoms with E-state index in [0.717, 1.165) is 49.0 Å². The molecule has 1 saturated carbocycles.